The summed E-state index contributed by atoms with van der Waals surface area (Å²) >= 11 is 0. The minimum Gasteiger partial charge on any atom is -0.379 e. The smallest absolute Gasteiger partial charge is 0.123 e. The van der Waals surface area contributed by atoms with Crippen LogP contribution in [0.1, 0.15) is 38.3 Å². The van der Waals surface area contributed by atoms with Crippen molar-refractivity contribution in [3.63, 3.8) is 0 Å². The van der Waals surface area contributed by atoms with E-state index in [1.807, 2.05) is 13.0 Å². The molecule has 1 N–H and O–H groups in total. The molecule has 0 aliphatic rings. The lowest BCUT2D eigenvalue weighted by Gasteiger charge is -2.29. The van der Waals surface area contributed by atoms with Gasteiger partial charge in [0.2, 0.25) is 0 Å². The summed E-state index contributed by atoms with van der Waals surface area (Å²) < 4.78 is 18.6. The molecule has 0 aliphatic carbocycles. The van der Waals surface area contributed by atoms with Crippen molar-refractivity contribution in [1.29, 1.82) is 0 Å². The Bertz CT molecular complexity index is 404. The topological polar surface area (TPSA) is 21.3 Å². The van der Waals surface area contributed by atoms with E-state index in [4.69, 9.17) is 4.74 Å². The number of nitrogens with one attached hydrogen (secondary N) is 1. The predicted molar refractivity (Wildman–Crippen MR) is 78.0 cm³/mol. The Labute approximate surface area is 116 Å². The highest BCUT2D eigenvalue weighted by Gasteiger charge is 2.22. The second-order valence-corrected chi connectivity index (χ2v) is 5.70. The molecule has 3 heteroatoms. The van der Waals surface area contributed by atoms with Crippen molar-refractivity contribution in [3.05, 3.63) is 35.1 Å². The molecule has 0 bridgehead atoms. The van der Waals surface area contributed by atoms with Gasteiger partial charge in [0.05, 0.1) is 5.60 Å². The molecule has 1 unspecified atom stereocenters. The second kappa shape index (κ2) is 7.01. The largest absolute Gasteiger partial charge is 0.379 e. The van der Waals surface area contributed by atoms with E-state index in [0.717, 1.165) is 24.9 Å². The zero-order valence-electron chi connectivity index (χ0n) is 12.7. The van der Waals surface area contributed by atoms with Crippen molar-refractivity contribution in [1.82, 2.24) is 5.32 Å². The highest BCUT2D eigenvalue weighted by Crippen LogP contribution is 2.20. The van der Waals surface area contributed by atoms with Gasteiger partial charge in [-0.25, -0.2) is 4.39 Å². The van der Waals surface area contributed by atoms with Crippen molar-refractivity contribution in [3.8, 4) is 0 Å². The van der Waals surface area contributed by atoms with Crippen molar-refractivity contribution >= 4 is 0 Å². The first-order valence-corrected chi connectivity index (χ1v) is 6.91. The average Bonchev–Trinajstić information content (AvgIpc) is 2.32. The Morgan fingerprint density at radius 3 is 2.58 bits per heavy atom. The van der Waals surface area contributed by atoms with E-state index in [1.54, 1.807) is 13.2 Å². The molecule has 0 spiro atoms. The number of ether oxygens (including phenoxy) is 1. The van der Waals surface area contributed by atoms with Crippen LogP contribution in [0, 0.1) is 12.7 Å². The summed E-state index contributed by atoms with van der Waals surface area (Å²) in [6.07, 6.45) is 1.82. The monoisotopic (exact) mass is 267 g/mol. The Balaban J connectivity index is 2.77. The molecule has 1 atom stereocenters. The molecule has 19 heavy (non-hydrogen) atoms. The van der Waals surface area contributed by atoms with Crippen LogP contribution in [-0.4, -0.2) is 25.3 Å². The van der Waals surface area contributed by atoms with Crippen LogP contribution < -0.4 is 5.32 Å². The van der Waals surface area contributed by atoms with Gasteiger partial charge in [-0.1, -0.05) is 13.0 Å². The van der Waals surface area contributed by atoms with Crippen LogP contribution in [0.4, 0.5) is 4.39 Å². The van der Waals surface area contributed by atoms with Gasteiger partial charge >= 0.3 is 0 Å². The van der Waals surface area contributed by atoms with Crippen LogP contribution >= 0.6 is 0 Å². The maximum absolute atomic E-state index is 13.1. The standard InChI is InChI=1S/C16H26FNO/c1-6-18-15(11-16(3,4)19-5)10-13-7-8-14(17)9-12(13)2/h7-9,15,18H,6,10-11H2,1-5H3. The van der Waals surface area contributed by atoms with Gasteiger partial charge < -0.3 is 10.1 Å². The summed E-state index contributed by atoms with van der Waals surface area (Å²) in [6, 6.07) is 5.35. The number of methoxy groups -OCH3 is 1. The fraction of sp³-hybridized carbons (Fsp3) is 0.625. The third-order valence-corrected chi connectivity index (χ3v) is 3.55. The number of benzene rings is 1. The van der Waals surface area contributed by atoms with Gasteiger partial charge in [0, 0.05) is 13.2 Å². The molecule has 0 fully saturated rings. The van der Waals surface area contributed by atoms with Crippen LogP contribution in [0.15, 0.2) is 18.2 Å². The van der Waals surface area contributed by atoms with Crippen molar-refractivity contribution in [2.75, 3.05) is 13.7 Å². The lowest BCUT2D eigenvalue weighted by Crippen LogP contribution is -2.39. The molecule has 0 amide bonds. The fourth-order valence-corrected chi connectivity index (χ4v) is 2.34. The molecule has 108 valence electrons. The molecule has 1 aromatic carbocycles. The Kier molecular flexibility index (Phi) is 5.95. The Morgan fingerprint density at radius 2 is 2.05 bits per heavy atom. The lowest BCUT2D eigenvalue weighted by molar-refractivity contribution is 0.00725. The number of aryl methyl sites for hydroxylation is 1. The van der Waals surface area contributed by atoms with Gasteiger partial charge in [-0.15, -0.1) is 0 Å². The van der Waals surface area contributed by atoms with Crippen LogP contribution in [0.2, 0.25) is 0 Å². The maximum atomic E-state index is 13.1. The third-order valence-electron chi connectivity index (χ3n) is 3.55. The van der Waals surface area contributed by atoms with Gasteiger partial charge in [-0.3, -0.25) is 0 Å². The first kappa shape index (κ1) is 16.1. The summed E-state index contributed by atoms with van der Waals surface area (Å²) in [7, 11) is 1.74. The van der Waals surface area contributed by atoms with E-state index >= 15 is 0 Å². The second-order valence-electron chi connectivity index (χ2n) is 5.70. The van der Waals surface area contributed by atoms with Crippen LogP contribution in [0.5, 0.6) is 0 Å². The zero-order chi connectivity index (χ0) is 14.5. The van der Waals surface area contributed by atoms with Gasteiger partial charge in [0.15, 0.2) is 0 Å². The molecule has 2 nitrogen and oxygen atoms in total. The van der Waals surface area contributed by atoms with E-state index in [-0.39, 0.29) is 11.4 Å². The molecule has 0 saturated carbocycles. The summed E-state index contributed by atoms with van der Waals surface area (Å²) in [5, 5.41) is 3.49. The Hall–Kier alpha value is -0.930. The summed E-state index contributed by atoms with van der Waals surface area (Å²) in [6.45, 7) is 9.17. The van der Waals surface area contributed by atoms with Gasteiger partial charge in [-0.2, -0.15) is 0 Å². The molecule has 0 aliphatic heterocycles. The average molecular weight is 267 g/mol. The molecular formula is C16H26FNO. The van der Waals surface area contributed by atoms with Crippen molar-refractivity contribution in [2.45, 2.75) is 52.2 Å². The maximum Gasteiger partial charge on any atom is 0.123 e. The molecule has 1 rings (SSSR count). The number of hydrogen-bond acceptors (Lipinski definition) is 2. The lowest BCUT2D eigenvalue weighted by atomic mass is 9.92. The molecule has 0 radical (unpaired) electrons. The van der Waals surface area contributed by atoms with Crippen LogP contribution in [0.25, 0.3) is 0 Å². The SMILES string of the molecule is CCNC(Cc1ccc(F)cc1C)CC(C)(C)OC. The highest BCUT2D eigenvalue weighted by atomic mass is 19.1. The molecular weight excluding hydrogens is 241 g/mol. The fourth-order valence-electron chi connectivity index (χ4n) is 2.34. The quantitative estimate of drug-likeness (QED) is 0.816. The van der Waals surface area contributed by atoms with Crippen molar-refractivity contribution in [2.24, 2.45) is 0 Å². The molecule has 0 heterocycles. The zero-order valence-corrected chi connectivity index (χ0v) is 12.7. The van der Waals surface area contributed by atoms with E-state index in [1.165, 1.54) is 11.6 Å². The van der Waals surface area contributed by atoms with E-state index in [9.17, 15) is 4.39 Å². The van der Waals surface area contributed by atoms with Crippen LogP contribution in [-0.2, 0) is 11.2 Å². The first-order chi connectivity index (χ1) is 8.88. The first-order valence-electron chi connectivity index (χ1n) is 6.91. The summed E-state index contributed by atoms with van der Waals surface area (Å²) in [5.41, 5.74) is 2.05. The number of rotatable bonds is 7. The molecule has 0 saturated heterocycles. The number of likely N-dealkylation sites (N-methyl/N-ethyl adjacent to an activating group) is 1. The van der Waals surface area contributed by atoms with Crippen LogP contribution in [0.3, 0.4) is 0 Å². The number of halogens is 1. The van der Waals surface area contributed by atoms with Gasteiger partial charge in [0.1, 0.15) is 5.82 Å². The normalized spacial score (nSPS) is 13.6. The summed E-state index contributed by atoms with van der Waals surface area (Å²) in [4.78, 5) is 0. The molecule has 0 aromatic heterocycles. The summed E-state index contributed by atoms with van der Waals surface area (Å²) in [5.74, 6) is -0.168. The Morgan fingerprint density at radius 1 is 1.37 bits per heavy atom. The van der Waals surface area contributed by atoms with Gasteiger partial charge in [-0.05, 0) is 63.4 Å². The highest BCUT2D eigenvalue weighted by molar-refractivity contribution is 5.27. The minimum atomic E-state index is -0.168. The van der Waals surface area contributed by atoms with E-state index in [2.05, 4.69) is 26.1 Å². The van der Waals surface area contributed by atoms with Gasteiger partial charge in [0.25, 0.3) is 0 Å². The van der Waals surface area contributed by atoms with E-state index in [0.29, 0.717) is 6.04 Å². The number of hydrogen-bond donors (Lipinski definition) is 1. The predicted octanol–water partition coefficient (Wildman–Crippen LogP) is 3.47. The molecule has 1 aromatic rings. The van der Waals surface area contributed by atoms with Crippen molar-refractivity contribution < 1.29 is 9.13 Å². The van der Waals surface area contributed by atoms with E-state index < -0.39 is 0 Å². The minimum absolute atomic E-state index is 0.152. The third kappa shape index (κ3) is 5.29.